The molecule has 3 aromatic rings. The maximum absolute atomic E-state index is 12.3. The molecule has 0 radical (unpaired) electrons. The summed E-state index contributed by atoms with van der Waals surface area (Å²) in [4.78, 5) is 12.3. The largest absolute Gasteiger partial charge is 0.330 e. The van der Waals surface area contributed by atoms with Crippen molar-refractivity contribution in [3.8, 4) is 0 Å². The Morgan fingerprint density at radius 3 is 2.63 bits per heavy atom. The maximum atomic E-state index is 12.3. The number of aryl methyl sites for hydroxylation is 3. The molecule has 7 heteroatoms. The predicted octanol–water partition coefficient (Wildman–Crippen LogP) is 5.19. The summed E-state index contributed by atoms with van der Waals surface area (Å²) >= 11 is 2.83. The van der Waals surface area contributed by atoms with Crippen molar-refractivity contribution in [3.63, 3.8) is 0 Å². The number of hydrogen-bond acceptors (Lipinski definition) is 6. The lowest BCUT2D eigenvalue weighted by molar-refractivity contribution is -0.113. The van der Waals surface area contributed by atoms with Gasteiger partial charge in [0, 0.05) is 11.4 Å². The van der Waals surface area contributed by atoms with Gasteiger partial charge in [-0.05, 0) is 43.5 Å². The van der Waals surface area contributed by atoms with Crippen LogP contribution in [-0.4, -0.2) is 21.9 Å². The minimum atomic E-state index is -0.0350. The number of carbonyl (C=O) groups is 1. The third-order valence-electron chi connectivity index (χ3n) is 4.04. The number of benzene rings is 2. The van der Waals surface area contributed by atoms with E-state index in [-0.39, 0.29) is 5.91 Å². The fourth-order valence-electron chi connectivity index (χ4n) is 2.58. The Labute approximate surface area is 167 Å². The molecule has 0 fully saturated rings. The molecule has 1 aromatic heterocycles. The van der Waals surface area contributed by atoms with Gasteiger partial charge in [0.2, 0.25) is 11.0 Å². The predicted molar refractivity (Wildman–Crippen MR) is 114 cm³/mol. The lowest BCUT2D eigenvalue weighted by atomic mass is 10.1. The van der Waals surface area contributed by atoms with Gasteiger partial charge in [-0.25, -0.2) is 0 Å². The van der Waals surface area contributed by atoms with Crippen molar-refractivity contribution in [3.05, 3.63) is 59.2 Å². The van der Waals surface area contributed by atoms with Gasteiger partial charge in [-0.3, -0.25) is 4.79 Å². The third-order valence-corrected chi connectivity index (χ3v) is 6.01. The van der Waals surface area contributed by atoms with Crippen molar-refractivity contribution >= 4 is 45.5 Å². The van der Waals surface area contributed by atoms with Crippen LogP contribution >= 0.6 is 23.1 Å². The molecule has 0 atom stereocenters. The van der Waals surface area contributed by atoms with Gasteiger partial charge in [-0.2, -0.15) is 0 Å². The number of hydrogen-bond donors (Lipinski definition) is 2. The van der Waals surface area contributed by atoms with E-state index >= 15 is 0 Å². The number of amides is 1. The van der Waals surface area contributed by atoms with Gasteiger partial charge in [0.1, 0.15) is 0 Å². The van der Waals surface area contributed by atoms with Crippen molar-refractivity contribution in [2.75, 3.05) is 16.4 Å². The molecule has 5 nitrogen and oxygen atoms in total. The average molecular weight is 399 g/mol. The Bertz CT molecular complexity index is 922. The monoisotopic (exact) mass is 398 g/mol. The molecule has 0 aliphatic heterocycles. The van der Waals surface area contributed by atoms with E-state index in [0.717, 1.165) is 33.3 Å². The summed E-state index contributed by atoms with van der Waals surface area (Å²) in [6.45, 7) is 6.15. The molecule has 0 saturated heterocycles. The summed E-state index contributed by atoms with van der Waals surface area (Å²) in [5, 5.41) is 15.3. The van der Waals surface area contributed by atoms with Gasteiger partial charge >= 0.3 is 0 Å². The van der Waals surface area contributed by atoms with Gasteiger partial charge in [0.05, 0.1) is 5.75 Å². The molecule has 140 valence electrons. The molecule has 1 heterocycles. The van der Waals surface area contributed by atoms with Crippen molar-refractivity contribution in [2.45, 2.75) is 31.5 Å². The van der Waals surface area contributed by atoms with Crippen LogP contribution in [-0.2, 0) is 11.2 Å². The normalized spacial score (nSPS) is 10.6. The number of anilines is 3. The van der Waals surface area contributed by atoms with Crippen LogP contribution in [0.4, 0.5) is 16.5 Å². The molecule has 2 N–H and O–H groups in total. The highest BCUT2D eigenvalue weighted by molar-refractivity contribution is 8.01. The Morgan fingerprint density at radius 1 is 1.11 bits per heavy atom. The molecule has 0 unspecified atom stereocenters. The van der Waals surface area contributed by atoms with E-state index in [4.69, 9.17) is 0 Å². The standard InChI is InChI=1S/C20H22N4OS2/c1-4-15-7-5-6-14(3)18(15)22-17(25)12-26-20-24-23-19(27-20)21-16-10-8-13(2)9-11-16/h5-11H,4,12H2,1-3H3,(H,21,23)(H,22,25). The molecule has 27 heavy (non-hydrogen) atoms. The highest BCUT2D eigenvalue weighted by Gasteiger charge is 2.11. The van der Waals surface area contributed by atoms with Crippen LogP contribution < -0.4 is 10.6 Å². The fourth-order valence-corrected chi connectivity index (χ4v) is 4.16. The van der Waals surface area contributed by atoms with Crippen molar-refractivity contribution in [2.24, 2.45) is 0 Å². The Balaban J connectivity index is 1.55. The zero-order valence-corrected chi connectivity index (χ0v) is 17.2. The van der Waals surface area contributed by atoms with Crippen molar-refractivity contribution in [1.82, 2.24) is 10.2 Å². The van der Waals surface area contributed by atoms with Crippen molar-refractivity contribution in [1.29, 1.82) is 0 Å². The summed E-state index contributed by atoms with van der Waals surface area (Å²) in [5.41, 5.74) is 5.32. The van der Waals surface area contributed by atoms with Crippen molar-refractivity contribution < 1.29 is 4.79 Å². The smallest absolute Gasteiger partial charge is 0.234 e. The SMILES string of the molecule is CCc1cccc(C)c1NC(=O)CSc1nnc(Nc2ccc(C)cc2)s1. The van der Waals surface area contributed by atoms with E-state index in [1.807, 2.05) is 49.4 Å². The molecular weight excluding hydrogens is 376 g/mol. The number of nitrogens with one attached hydrogen (secondary N) is 2. The second-order valence-electron chi connectivity index (χ2n) is 6.16. The summed E-state index contributed by atoms with van der Waals surface area (Å²) in [6.07, 6.45) is 0.884. The Morgan fingerprint density at radius 2 is 1.89 bits per heavy atom. The Kier molecular flexibility index (Phi) is 6.47. The molecule has 0 spiro atoms. The molecule has 2 aromatic carbocycles. The van der Waals surface area contributed by atoms with Gasteiger partial charge in [0.15, 0.2) is 4.34 Å². The van der Waals surface area contributed by atoms with E-state index in [1.54, 1.807) is 0 Å². The van der Waals surface area contributed by atoms with Crippen LogP contribution in [0, 0.1) is 13.8 Å². The van der Waals surface area contributed by atoms with Gasteiger partial charge in [-0.1, -0.05) is 65.9 Å². The zero-order valence-electron chi connectivity index (χ0n) is 15.6. The van der Waals surface area contributed by atoms with E-state index < -0.39 is 0 Å². The van der Waals surface area contributed by atoms with Crippen LogP contribution in [0.1, 0.15) is 23.6 Å². The number of thioether (sulfide) groups is 1. The molecule has 0 bridgehead atoms. The fraction of sp³-hybridized carbons (Fsp3) is 0.250. The minimum Gasteiger partial charge on any atom is -0.330 e. The maximum Gasteiger partial charge on any atom is 0.234 e. The van der Waals surface area contributed by atoms with Crippen LogP contribution in [0.3, 0.4) is 0 Å². The lowest BCUT2D eigenvalue weighted by Gasteiger charge is -2.12. The molecule has 0 aliphatic rings. The highest BCUT2D eigenvalue weighted by Crippen LogP contribution is 2.28. The first-order chi connectivity index (χ1) is 13.0. The quantitative estimate of drug-likeness (QED) is 0.536. The average Bonchev–Trinajstić information content (AvgIpc) is 3.11. The van der Waals surface area contributed by atoms with Gasteiger partial charge in [0.25, 0.3) is 0 Å². The number of nitrogens with zero attached hydrogens (tertiary/aromatic N) is 2. The molecule has 1 amide bonds. The zero-order chi connectivity index (χ0) is 19.2. The topological polar surface area (TPSA) is 66.9 Å². The van der Waals surface area contributed by atoms with Gasteiger partial charge < -0.3 is 10.6 Å². The second kappa shape index (κ2) is 9.01. The van der Waals surface area contributed by atoms with E-state index in [2.05, 4.69) is 34.7 Å². The first kappa shape index (κ1) is 19.4. The molecular formula is C20H22N4OS2. The summed E-state index contributed by atoms with van der Waals surface area (Å²) in [7, 11) is 0. The Hall–Kier alpha value is -2.38. The molecule has 0 saturated carbocycles. The number of rotatable bonds is 7. The van der Waals surface area contributed by atoms with Crippen LogP contribution in [0.5, 0.6) is 0 Å². The minimum absolute atomic E-state index is 0.0350. The summed E-state index contributed by atoms with van der Waals surface area (Å²) in [5.74, 6) is 0.267. The van der Waals surface area contributed by atoms with E-state index in [0.29, 0.717) is 10.9 Å². The first-order valence-corrected chi connectivity index (χ1v) is 10.5. The second-order valence-corrected chi connectivity index (χ2v) is 8.36. The first-order valence-electron chi connectivity index (χ1n) is 8.73. The van der Waals surface area contributed by atoms with Crippen LogP contribution in [0.25, 0.3) is 0 Å². The molecule has 3 rings (SSSR count). The number of para-hydroxylation sites is 1. The molecule has 0 aliphatic carbocycles. The van der Waals surface area contributed by atoms with Gasteiger partial charge in [-0.15, -0.1) is 10.2 Å². The van der Waals surface area contributed by atoms with E-state index in [9.17, 15) is 4.79 Å². The third kappa shape index (κ3) is 5.30. The van der Waals surface area contributed by atoms with Crippen LogP contribution in [0.15, 0.2) is 46.8 Å². The summed E-state index contributed by atoms with van der Waals surface area (Å²) in [6, 6.07) is 14.2. The van der Waals surface area contributed by atoms with Crippen LogP contribution in [0.2, 0.25) is 0 Å². The number of aromatic nitrogens is 2. The summed E-state index contributed by atoms with van der Waals surface area (Å²) < 4.78 is 0.764. The number of carbonyl (C=O) groups excluding carboxylic acids is 1. The van der Waals surface area contributed by atoms with E-state index in [1.165, 1.54) is 28.7 Å². The lowest BCUT2D eigenvalue weighted by Crippen LogP contribution is -2.16. The highest BCUT2D eigenvalue weighted by atomic mass is 32.2.